The van der Waals surface area contributed by atoms with Crippen LogP contribution in [0.2, 0.25) is 0 Å². The fourth-order valence-electron chi connectivity index (χ4n) is 2.62. The molecular weight excluding hydrogens is 338 g/mol. The van der Waals surface area contributed by atoms with E-state index in [1.807, 2.05) is 6.92 Å². The Labute approximate surface area is 147 Å². The van der Waals surface area contributed by atoms with E-state index < -0.39 is 0 Å². The second kappa shape index (κ2) is 6.47. The standard InChI is InChI=1S/C18H14F2N6/c1-11(14-4-2-12(19)8-22-14)24-16-6-7-21-18(25-16)15-9-23-17-5-3-13(20)10-26(15)17/h2-11H,1H3,(H,21,24,25). The fourth-order valence-corrected chi connectivity index (χ4v) is 2.62. The molecule has 4 aromatic rings. The van der Waals surface area contributed by atoms with Crippen molar-refractivity contribution in [2.45, 2.75) is 13.0 Å². The van der Waals surface area contributed by atoms with Crippen LogP contribution in [0.4, 0.5) is 14.6 Å². The zero-order valence-corrected chi connectivity index (χ0v) is 13.8. The number of imidazole rings is 1. The van der Waals surface area contributed by atoms with Gasteiger partial charge in [0.1, 0.15) is 28.8 Å². The Morgan fingerprint density at radius 2 is 1.81 bits per heavy atom. The summed E-state index contributed by atoms with van der Waals surface area (Å²) in [6.07, 6.45) is 5.71. The molecule has 0 fully saturated rings. The number of pyridine rings is 2. The summed E-state index contributed by atoms with van der Waals surface area (Å²) in [5.74, 6) is 0.222. The SMILES string of the molecule is CC(Nc1ccnc(-c2cnc3ccc(F)cn23)n1)c1ccc(F)cn1. The highest BCUT2D eigenvalue weighted by Crippen LogP contribution is 2.21. The van der Waals surface area contributed by atoms with Crippen molar-refractivity contribution in [1.82, 2.24) is 24.3 Å². The van der Waals surface area contributed by atoms with Gasteiger partial charge in [-0.15, -0.1) is 0 Å². The van der Waals surface area contributed by atoms with Crippen LogP contribution < -0.4 is 5.32 Å². The quantitative estimate of drug-likeness (QED) is 0.607. The Morgan fingerprint density at radius 3 is 2.62 bits per heavy atom. The minimum Gasteiger partial charge on any atom is -0.362 e. The van der Waals surface area contributed by atoms with E-state index in [0.29, 0.717) is 28.7 Å². The first-order valence-corrected chi connectivity index (χ1v) is 7.94. The fraction of sp³-hybridized carbons (Fsp3) is 0.111. The largest absolute Gasteiger partial charge is 0.362 e. The van der Waals surface area contributed by atoms with Crippen LogP contribution in [-0.2, 0) is 0 Å². The van der Waals surface area contributed by atoms with Gasteiger partial charge in [-0.3, -0.25) is 9.38 Å². The number of rotatable bonds is 4. The van der Waals surface area contributed by atoms with Gasteiger partial charge in [0.15, 0.2) is 5.82 Å². The molecule has 1 unspecified atom stereocenters. The number of anilines is 1. The minimum absolute atomic E-state index is 0.182. The van der Waals surface area contributed by atoms with Crippen LogP contribution in [0.3, 0.4) is 0 Å². The van der Waals surface area contributed by atoms with Crippen LogP contribution in [0.5, 0.6) is 0 Å². The van der Waals surface area contributed by atoms with Crippen molar-refractivity contribution < 1.29 is 8.78 Å². The first kappa shape index (κ1) is 16.1. The number of aromatic nitrogens is 5. The van der Waals surface area contributed by atoms with Gasteiger partial charge in [0.25, 0.3) is 0 Å². The minimum atomic E-state index is -0.384. The maximum atomic E-state index is 13.5. The van der Waals surface area contributed by atoms with Crippen molar-refractivity contribution in [3.8, 4) is 11.5 Å². The second-order valence-corrected chi connectivity index (χ2v) is 5.75. The zero-order valence-electron chi connectivity index (χ0n) is 13.8. The number of halogens is 2. The van der Waals surface area contributed by atoms with E-state index in [-0.39, 0.29) is 17.7 Å². The third-order valence-electron chi connectivity index (χ3n) is 3.91. The Kier molecular flexibility index (Phi) is 4.00. The Hall–Kier alpha value is -3.42. The molecule has 0 aliphatic heterocycles. The van der Waals surface area contributed by atoms with Gasteiger partial charge >= 0.3 is 0 Å². The molecular formula is C18H14F2N6. The average Bonchev–Trinajstić information content (AvgIpc) is 3.05. The second-order valence-electron chi connectivity index (χ2n) is 5.75. The highest BCUT2D eigenvalue weighted by atomic mass is 19.1. The third kappa shape index (κ3) is 3.08. The number of nitrogens with zero attached hydrogens (tertiary/aromatic N) is 5. The molecule has 4 aromatic heterocycles. The molecule has 1 N–H and O–H groups in total. The van der Waals surface area contributed by atoms with E-state index in [1.165, 1.54) is 24.5 Å². The highest BCUT2D eigenvalue weighted by Gasteiger charge is 2.12. The van der Waals surface area contributed by atoms with Gasteiger partial charge < -0.3 is 5.32 Å². The number of nitrogens with one attached hydrogen (secondary N) is 1. The van der Waals surface area contributed by atoms with Gasteiger partial charge in [-0.1, -0.05) is 0 Å². The predicted octanol–water partition coefficient (Wildman–Crippen LogP) is 3.64. The first-order valence-electron chi connectivity index (χ1n) is 7.94. The molecule has 0 saturated heterocycles. The van der Waals surface area contributed by atoms with Gasteiger partial charge in [-0.2, -0.15) is 0 Å². The molecule has 0 spiro atoms. The van der Waals surface area contributed by atoms with Gasteiger partial charge in [0, 0.05) is 12.4 Å². The average molecular weight is 352 g/mol. The van der Waals surface area contributed by atoms with E-state index in [4.69, 9.17) is 0 Å². The highest BCUT2D eigenvalue weighted by molar-refractivity contribution is 5.58. The summed E-state index contributed by atoms with van der Waals surface area (Å²) in [5.41, 5.74) is 1.87. The van der Waals surface area contributed by atoms with Gasteiger partial charge in [0.2, 0.25) is 0 Å². The molecule has 0 amide bonds. The summed E-state index contributed by atoms with van der Waals surface area (Å²) in [4.78, 5) is 17.0. The maximum absolute atomic E-state index is 13.5. The molecule has 130 valence electrons. The number of hydrogen-bond donors (Lipinski definition) is 1. The molecule has 4 rings (SSSR count). The normalized spacial score (nSPS) is 12.3. The van der Waals surface area contributed by atoms with Crippen LogP contribution >= 0.6 is 0 Å². The molecule has 0 radical (unpaired) electrons. The summed E-state index contributed by atoms with van der Waals surface area (Å²) in [6.45, 7) is 1.89. The number of hydrogen-bond acceptors (Lipinski definition) is 5. The van der Waals surface area contributed by atoms with Gasteiger partial charge in [0.05, 0.1) is 24.1 Å². The lowest BCUT2D eigenvalue weighted by Crippen LogP contribution is -2.10. The molecule has 8 heteroatoms. The molecule has 0 aliphatic rings. The molecule has 26 heavy (non-hydrogen) atoms. The smallest absolute Gasteiger partial charge is 0.180 e. The van der Waals surface area contributed by atoms with Crippen LogP contribution in [-0.4, -0.2) is 24.3 Å². The maximum Gasteiger partial charge on any atom is 0.180 e. The Balaban J connectivity index is 1.64. The summed E-state index contributed by atoms with van der Waals surface area (Å²) >= 11 is 0. The molecule has 6 nitrogen and oxygen atoms in total. The third-order valence-corrected chi connectivity index (χ3v) is 3.91. The lowest BCUT2D eigenvalue weighted by molar-refractivity contribution is 0.617. The molecule has 4 heterocycles. The molecule has 0 aromatic carbocycles. The summed E-state index contributed by atoms with van der Waals surface area (Å²) < 4.78 is 28.1. The van der Waals surface area contributed by atoms with Crippen molar-refractivity contribution in [3.05, 3.63) is 72.4 Å². The van der Waals surface area contributed by atoms with E-state index >= 15 is 0 Å². The van der Waals surface area contributed by atoms with Crippen LogP contribution in [0.15, 0.2) is 55.1 Å². The predicted molar refractivity (Wildman–Crippen MR) is 92.4 cm³/mol. The van der Waals surface area contributed by atoms with Crippen LogP contribution in [0.1, 0.15) is 18.7 Å². The van der Waals surface area contributed by atoms with Crippen molar-refractivity contribution >= 4 is 11.5 Å². The van der Waals surface area contributed by atoms with Crippen LogP contribution in [0, 0.1) is 11.6 Å². The van der Waals surface area contributed by atoms with E-state index in [9.17, 15) is 8.78 Å². The summed E-state index contributed by atoms with van der Waals surface area (Å²) in [6, 6.07) is 7.44. The Morgan fingerprint density at radius 1 is 0.962 bits per heavy atom. The number of fused-ring (bicyclic) bond motifs is 1. The van der Waals surface area contributed by atoms with Gasteiger partial charge in [-0.25, -0.2) is 23.7 Å². The Bertz CT molecular complexity index is 1060. The molecule has 0 aliphatic carbocycles. The molecule has 1 atom stereocenters. The zero-order chi connectivity index (χ0) is 18.1. The lowest BCUT2D eigenvalue weighted by Gasteiger charge is -2.14. The van der Waals surface area contributed by atoms with E-state index in [0.717, 1.165) is 0 Å². The topological polar surface area (TPSA) is 68.0 Å². The first-order chi connectivity index (χ1) is 12.6. The van der Waals surface area contributed by atoms with Gasteiger partial charge in [-0.05, 0) is 37.3 Å². The van der Waals surface area contributed by atoms with Crippen LogP contribution in [0.25, 0.3) is 17.2 Å². The van der Waals surface area contributed by atoms with Crippen molar-refractivity contribution in [2.24, 2.45) is 0 Å². The monoisotopic (exact) mass is 352 g/mol. The van der Waals surface area contributed by atoms with Crippen molar-refractivity contribution in [3.63, 3.8) is 0 Å². The van der Waals surface area contributed by atoms with Crippen molar-refractivity contribution in [1.29, 1.82) is 0 Å². The summed E-state index contributed by atoms with van der Waals surface area (Å²) in [5, 5.41) is 3.20. The molecule has 0 bridgehead atoms. The van der Waals surface area contributed by atoms with E-state index in [1.54, 1.807) is 35.0 Å². The van der Waals surface area contributed by atoms with E-state index in [2.05, 4.69) is 25.3 Å². The lowest BCUT2D eigenvalue weighted by atomic mass is 10.2. The molecule has 0 saturated carbocycles. The van der Waals surface area contributed by atoms with Crippen molar-refractivity contribution in [2.75, 3.05) is 5.32 Å². The summed E-state index contributed by atoms with van der Waals surface area (Å²) in [7, 11) is 0.